The predicted octanol–water partition coefficient (Wildman–Crippen LogP) is 3.97. The smallest absolute Gasteiger partial charge is 0.220 e. The number of carbonyl (C=O) groups excluding carboxylic acids is 2. The summed E-state index contributed by atoms with van der Waals surface area (Å²) in [5.41, 5.74) is 1.89. The zero-order valence-electron chi connectivity index (χ0n) is 14.8. The standard InChI is InChI=1S/C21H25NO3/c1-16(18-7-4-3-5-8-18)15-22-21(24)9-6-14-25-20-12-10-19(11-13-20)17(2)23/h3-5,7-8,10-13,16H,6,9,14-15H2,1-2H3,(H,22,24). The molecule has 0 aromatic heterocycles. The highest BCUT2D eigenvalue weighted by Gasteiger charge is 2.07. The molecule has 4 heteroatoms. The van der Waals surface area contributed by atoms with Crippen molar-refractivity contribution in [3.8, 4) is 5.75 Å². The second kappa shape index (κ2) is 9.62. The Hall–Kier alpha value is -2.62. The van der Waals surface area contributed by atoms with E-state index in [9.17, 15) is 9.59 Å². The average molecular weight is 339 g/mol. The van der Waals surface area contributed by atoms with E-state index in [0.29, 0.717) is 43.2 Å². The normalized spacial score (nSPS) is 11.6. The molecular formula is C21H25NO3. The van der Waals surface area contributed by atoms with Gasteiger partial charge in [0.15, 0.2) is 5.78 Å². The van der Waals surface area contributed by atoms with E-state index in [0.717, 1.165) is 0 Å². The van der Waals surface area contributed by atoms with Crippen molar-refractivity contribution in [2.45, 2.75) is 32.6 Å². The van der Waals surface area contributed by atoms with Crippen molar-refractivity contribution in [3.05, 3.63) is 65.7 Å². The molecule has 0 heterocycles. The molecule has 1 amide bonds. The molecule has 2 rings (SSSR count). The van der Waals surface area contributed by atoms with Crippen LogP contribution in [0.1, 0.15) is 48.5 Å². The molecule has 1 unspecified atom stereocenters. The van der Waals surface area contributed by atoms with Crippen molar-refractivity contribution in [1.82, 2.24) is 5.32 Å². The van der Waals surface area contributed by atoms with Crippen LogP contribution in [0.4, 0.5) is 0 Å². The first-order valence-electron chi connectivity index (χ1n) is 8.61. The fourth-order valence-electron chi connectivity index (χ4n) is 2.46. The minimum absolute atomic E-state index is 0.0351. The third-order valence-electron chi connectivity index (χ3n) is 4.05. The monoisotopic (exact) mass is 339 g/mol. The molecule has 0 bridgehead atoms. The molecule has 4 nitrogen and oxygen atoms in total. The first-order chi connectivity index (χ1) is 12.1. The number of amides is 1. The minimum atomic E-state index is 0.0351. The number of hydrogen-bond acceptors (Lipinski definition) is 3. The van der Waals surface area contributed by atoms with Crippen LogP contribution < -0.4 is 10.1 Å². The Balaban J connectivity index is 1.63. The van der Waals surface area contributed by atoms with Gasteiger partial charge in [-0.25, -0.2) is 0 Å². The predicted molar refractivity (Wildman–Crippen MR) is 99.0 cm³/mol. The lowest BCUT2D eigenvalue weighted by molar-refractivity contribution is -0.121. The molecule has 0 aliphatic carbocycles. The Bertz CT molecular complexity index is 680. The molecule has 0 aliphatic rings. The average Bonchev–Trinajstić information content (AvgIpc) is 2.64. The second-order valence-corrected chi connectivity index (χ2v) is 6.15. The summed E-state index contributed by atoms with van der Waals surface area (Å²) in [6.07, 6.45) is 1.09. The topological polar surface area (TPSA) is 55.4 Å². The molecule has 25 heavy (non-hydrogen) atoms. The molecule has 0 aliphatic heterocycles. The number of ketones is 1. The number of carbonyl (C=O) groups is 2. The lowest BCUT2D eigenvalue weighted by Gasteiger charge is -2.13. The van der Waals surface area contributed by atoms with Gasteiger partial charge in [0, 0.05) is 18.5 Å². The highest BCUT2D eigenvalue weighted by molar-refractivity contribution is 5.94. The summed E-state index contributed by atoms with van der Waals surface area (Å²) in [6.45, 7) is 4.74. The van der Waals surface area contributed by atoms with Gasteiger partial charge in [-0.1, -0.05) is 37.3 Å². The Morgan fingerprint density at radius 1 is 1.04 bits per heavy atom. The van der Waals surface area contributed by atoms with Crippen molar-refractivity contribution in [3.63, 3.8) is 0 Å². The van der Waals surface area contributed by atoms with Crippen LogP contribution in [0.5, 0.6) is 5.75 Å². The summed E-state index contributed by atoms with van der Waals surface area (Å²) in [5.74, 6) is 1.08. The molecule has 2 aromatic rings. The van der Waals surface area contributed by atoms with E-state index in [1.807, 2.05) is 18.2 Å². The summed E-state index contributed by atoms with van der Waals surface area (Å²) in [4.78, 5) is 23.1. The third kappa shape index (κ3) is 6.42. The first-order valence-corrected chi connectivity index (χ1v) is 8.61. The van der Waals surface area contributed by atoms with E-state index in [1.165, 1.54) is 12.5 Å². The van der Waals surface area contributed by atoms with Crippen LogP contribution >= 0.6 is 0 Å². The quantitative estimate of drug-likeness (QED) is 0.555. The number of benzene rings is 2. The molecule has 0 spiro atoms. The van der Waals surface area contributed by atoms with E-state index in [4.69, 9.17) is 4.74 Å². The van der Waals surface area contributed by atoms with Gasteiger partial charge in [-0.3, -0.25) is 9.59 Å². The van der Waals surface area contributed by atoms with Gasteiger partial charge in [-0.15, -0.1) is 0 Å². The van der Waals surface area contributed by atoms with Gasteiger partial charge in [0.1, 0.15) is 5.75 Å². The maximum absolute atomic E-state index is 11.9. The van der Waals surface area contributed by atoms with Crippen LogP contribution in [-0.2, 0) is 4.79 Å². The fourth-order valence-corrected chi connectivity index (χ4v) is 2.46. The molecule has 2 aromatic carbocycles. The van der Waals surface area contributed by atoms with Gasteiger partial charge in [-0.05, 0) is 49.1 Å². The molecular weight excluding hydrogens is 314 g/mol. The van der Waals surface area contributed by atoms with E-state index < -0.39 is 0 Å². The molecule has 0 saturated heterocycles. The molecule has 1 atom stereocenters. The van der Waals surface area contributed by atoms with E-state index in [-0.39, 0.29) is 11.7 Å². The summed E-state index contributed by atoms with van der Waals surface area (Å²) in [5, 5.41) is 2.97. The number of hydrogen-bond donors (Lipinski definition) is 1. The zero-order valence-corrected chi connectivity index (χ0v) is 14.8. The van der Waals surface area contributed by atoms with E-state index >= 15 is 0 Å². The van der Waals surface area contributed by atoms with Crippen LogP contribution in [0.2, 0.25) is 0 Å². The number of ether oxygens (including phenoxy) is 1. The number of rotatable bonds is 9. The largest absolute Gasteiger partial charge is 0.494 e. The lowest BCUT2D eigenvalue weighted by Crippen LogP contribution is -2.27. The van der Waals surface area contributed by atoms with Crippen molar-refractivity contribution in [2.24, 2.45) is 0 Å². The van der Waals surface area contributed by atoms with Crippen LogP contribution in [0, 0.1) is 0 Å². The summed E-state index contributed by atoms with van der Waals surface area (Å²) < 4.78 is 5.59. The SMILES string of the molecule is CC(=O)c1ccc(OCCCC(=O)NCC(C)c2ccccc2)cc1. The minimum Gasteiger partial charge on any atom is -0.494 e. The van der Waals surface area contributed by atoms with Crippen LogP contribution in [-0.4, -0.2) is 24.8 Å². The van der Waals surface area contributed by atoms with Crippen molar-refractivity contribution >= 4 is 11.7 Å². The van der Waals surface area contributed by atoms with Gasteiger partial charge in [-0.2, -0.15) is 0 Å². The van der Waals surface area contributed by atoms with Gasteiger partial charge in [0.05, 0.1) is 6.61 Å². The zero-order chi connectivity index (χ0) is 18.1. The van der Waals surface area contributed by atoms with Gasteiger partial charge >= 0.3 is 0 Å². The highest BCUT2D eigenvalue weighted by Crippen LogP contribution is 2.14. The third-order valence-corrected chi connectivity index (χ3v) is 4.05. The Labute approximate surface area is 149 Å². The van der Waals surface area contributed by atoms with Gasteiger partial charge in [0.25, 0.3) is 0 Å². The second-order valence-electron chi connectivity index (χ2n) is 6.15. The van der Waals surface area contributed by atoms with E-state index in [1.54, 1.807) is 24.3 Å². The Kier molecular flexibility index (Phi) is 7.20. The van der Waals surface area contributed by atoms with Gasteiger partial charge < -0.3 is 10.1 Å². The summed E-state index contributed by atoms with van der Waals surface area (Å²) >= 11 is 0. The summed E-state index contributed by atoms with van der Waals surface area (Å²) in [7, 11) is 0. The highest BCUT2D eigenvalue weighted by atomic mass is 16.5. The molecule has 132 valence electrons. The Morgan fingerprint density at radius 3 is 2.36 bits per heavy atom. The van der Waals surface area contributed by atoms with Gasteiger partial charge in [0.2, 0.25) is 5.91 Å². The first kappa shape index (κ1) is 18.7. The van der Waals surface area contributed by atoms with Crippen molar-refractivity contribution < 1.29 is 14.3 Å². The molecule has 0 radical (unpaired) electrons. The summed E-state index contributed by atoms with van der Waals surface area (Å²) in [6, 6.07) is 17.2. The molecule has 0 fully saturated rings. The number of nitrogens with one attached hydrogen (secondary N) is 1. The van der Waals surface area contributed by atoms with Crippen LogP contribution in [0.25, 0.3) is 0 Å². The van der Waals surface area contributed by atoms with E-state index in [2.05, 4.69) is 24.4 Å². The Morgan fingerprint density at radius 2 is 1.72 bits per heavy atom. The number of Topliss-reactive ketones (excluding diaryl/α,β-unsaturated/α-hetero) is 1. The lowest BCUT2D eigenvalue weighted by atomic mass is 10.0. The van der Waals surface area contributed by atoms with Crippen molar-refractivity contribution in [1.29, 1.82) is 0 Å². The van der Waals surface area contributed by atoms with Crippen LogP contribution in [0.3, 0.4) is 0 Å². The van der Waals surface area contributed by atoms with Crippen molar-refractivity contribution in [2.75, 3.05) is 13.2 Å². The fraction of sp³-hybridized carbons (Fsp3) is 0.333. The van der Waals surface area contributed by atoms with Crippen LogP contribution in [0.15, 0.2) is 54.6 Å². The maximum atomic E-state index is 11.9. The maximum Gasteiger partial charge on any atom is 0.220 e. The molecule has 0 saturated carbocycles. The molecule has 1 N–H and O–H groups in total.